The Hall–Kier alpha value is -1.10. The molecule has 1 atom stereocenters. The Labute approximate surface area is 122 Å². The Kier molecular flexibility index (Phi) is 7.79. The van der Waals surface area contributed by atoms with Crippen molar-refractivity contribution in [3.63, 3.8) is 0 Å². The number of aliphatic carboxylic acids is 1. The lowest BCUT2D eigenvalue weighted by Gasteiger charge is -2.35. The summed E-state index contributed by atoms with van der Waals surface area (Å²) >= 11 is 0. The first-order valence-electron chi connectivity index (χ1n) is 7.32. The number of carbonyl (C=O) groups is 2. The zero-order valence-electron chi connectivity index (χ0n) is 13.5. The highest BCUT2D eigenvalue weighted by molar-refractivity contribution is 5.82. The number of carboxylic acids is 1. The molecule has 5 heteroatoms. The second-order valence-electron chi connectivity index (χ2n) is 6.66. The van der Waals surface area contributed by atoms with Crippen LogP contribution in [0.15, 0.2) is 0 Å². The van der Waals surface area contributed by atoms with Gasteiger partial charge in [0.1, 0.15) is 6.54 Å². The number of carboxylic acid groups (broad SMARTS) is 1. The summed E-state index contributed by atoms with van der Waals surface area (Å²) in [5.41, 5.74) is 5.12. The summed E-state index contributed by atoms with van der Waals surface area (Å²) < 4.78 is 0. The third-order valence-electron chi connectivity index (χ3n) is 3.61. The van der Waals surface area contributed by atoms with E-state index in [-0.39, 0.29) is 12.5 Å². The second kappa shape index (κ2) is 8.25. The van der Waals surface area contributed by atoms with Crippen LogP contribution in [0, 0.1) is 11.8 Å². The first-order valence-corrected chi connectivity index (χ1v) is 7.32. The van der Waals surface area contributed by atoms with Gasteiger partial charge < -0.3 is 15.7 Å². The summed E-state index contributed by atoms with van der Waals surface area (Å²) in [4.78, 5) is 24.6. The first-order chi connectivity index (χ1) is 9.09. The normalized spacial score (nSPS) is 13.3. The van der Waals surface area contributed by atoms with Crippen molar-refractivity contribution in [2.45, 2.75) is 59.4 Å². The van der Waals surface area contributed by atoms with Crippen LogP contribution in [0.3, 0.4) is 0 Å². The van der Waals surface area contributed by atoms with E-state index in [4.69, 9.17) is 10.8 Å². The maximum Gasteiger partial charge on any atom is 0.323 e. The maximum atomic E-state index is 12.3. The highest BCUT2D eigenvalue weighted by Gasteiger charge is 2.28. The molecule has 0 saturated carbocycles. The van der Waals surface area contributed by atoms with Crippen molar-refractivity contribution in [1.29, 1.82) is 0 Å². The van der Waals surface area contributed by atoms with Crippen LogP contribution in [0.1, 0.15) is 53.9 Å². The van der Waals surface area contributed by atoms with Crippen LogP contribution in [0.5, 0.6) is 0 Å². The Morgan fingerprint density at radius 3 is 2.10 bits per heavy atom. The smallest absolute Gasteiger partial charge is 0.323 e. The number of amides is 1. The van der Waals surface area contributed by atoms with Crippen molar-refractivity contribution in [1.82, 2.24) is 4.90 Å². The molecule has 1 amide bonds. The van der Waals surface area contributed by atoms with E-state index in [2.05, 4.69) is 13.8 Å². The minimum Gasteiger partial charge on any atom is -0.480 e. The molecule has 0 aromatic carbocycles. The van der Waals surface area contributed by atoms with Crippen LogP contribution in [-0.2, 0) is 9.59 Å². The monoisotopic (exact) mass is 286 g/mol. The van der Waals surface area contributed by atoms with Gasteiger partial charge >= 0.3 is 5.97 Å². The SMILES string of the molecule is CC(C)C(CCN)CCC(=O)N(CC(=O)O)C(C)(C)C. The van der Waals surface area contributed by atoms with Crippen molar-refractivity contribution in [2.75, 3.05) is 13.1 Å². The maximum absolute atomic E-state index is 12.3. The van der Waals surface area contributed by atoms with E-state index < -0.39 is 11.5 Å². The van der Waals surface area contributed by atoms with Gasteiger partial charge in [0.15, 0.2) is 0 Å². The van der Waals surface area contributed by atoms with Gasteiger partial charge in [-0.25, -0.2) is 0 Å². The van der Waals surface area contributed by atoms with E-state index >= 15 is 0 Å². The molecule has 0 aliphatic carbocycles. The number of carbonyl (C=O) groups excluding carboxylic acids is 1. The average molecular weight is 286 g/mol. The minimum atomic E-state index is -0.976. The van der Waals surface area contributed by atoms with Crippen molar-refractivity contribution in [3.05, 3.63) is 0 Å². The van der Waals surface area contributed by atoms with Crippen LogP contribution in [0.2, 0.25) is 0 Å². The summed E-state index contributed by atoms with van der Waals surface area (Å²) in [5.74, 6) is -0.178. The fourth-order valence-electron chi connectivity index (χ4n) is 2.30. The molecule has 5 nitrogen and oxygen atoms in total. The van der Waals surface area contributed by atoms with Gasteiger partial charge in [-0.3, -0.25) is 9.59 Å². The van der Waals surface area contributed by atoms with E-state index in [0.29, 0.717) is 24.8 Å². The van der Waals surface area contributed by atoms with E-state index in [1.54, 1.807) is 0 Å². The molecule has 118 valence electrons. The Balaban J connectivity index is 4.64. The molecule has 20 heavy (non-hydrogen) atoms. The van der Waals surface area contributed by atoms with Crippen molar-refractivity contribution in [3.8, 4) is 0 Å². The van der Waals surface area contributed by atoms with Crippen LogP contribution in [0.4, 0.5) is 0 Å². The van der Waals surface area contributed by atoms with Crippen molar-refractivity contribution < 1.29 is 14.7 Å². The lowest BCUT2D eigenvalue weighted by Crippen LogP contribution is -2.48. The molecule has 0 radical (unpaired) electrons. The van der Waals surface area contributed by atoms with Crippen LogP contribution < -0.4 is 5.73 Å². The predicted octanol–water partition coefficient (Wildman–Crippen LogP) is 2.10. The number of nitrogens with zero attached hydrogens (tertiary/aromatic N) is 1. The molecule has 0 aliphatic rings. The third kappa shape index (κ3) is 6.89. The van der Waals surface area contributed by atoms with Crippen LogP contribution in [0.25, 0.3) is 0 Å². The third-order valence-corrected chi connectivity index (χ3v) is 3.61. The van der Waals surface area contributed by atoms with Gasteiger partial charge in [0.05, 0.1) is 0 Å². The highest BCUT2D eigenvalue weighted by Crippen LogP contribution is 2.22. The number of nitrogens with two attached hydrogens (primary N) is 1. The number of rotatable bonds is 8. The van der Waals surface area contributed by atoms with E-state index in [1.807, 2.05) is 20.8 Å². The summed E-state index contributed by atoms with van der Waals surface area (Å²) in [6, 6.07) is 0. The van der Waals surface area contributed by atoms with Gasteiger partial charge in [0, 0.05) is 12.0 Å². The van der Waals surface area contributed by atoms with Gasteiger partial charge in [-0.2, -0.15) is 0 Å². The van der Waals surface area contributed by atoms with Gasteiger partial charge in [-0.05, 0) is 52.0 Å². The Morgan fingerprint density at radius 2 is 1.75 bits per heavy atom. The standard InChI is InChI=1S/C15H30N2O3/c1-11(2)12(8-9-16)6-7-13(18)17(10-14(19)20)15(3,4)5/h11-12H,6-10,16H2,1-5H3,(H,19,20). The molecule has 0 rings (SSSR count). The summed E-state index contributed by atoms with van der Waals surface area (Å²) in [5, 5.41) is 8.94. The van der Waals surface area contributed by atoms with Crippen LogP contribution in [-0.4, -0.2) is 40.5 Å². The molecule has 0 aliphatic heterocycles. The van der Waals surface area contributed by atoms with Gasteiger partial charge in [0.2, 0.25) is 5.91 Å². The quantitative estimate of drug-likeness (QED) is 0.715. The molecule has 0 bridgehead atoms. The first kappa shape index (κ1) is 18.9. The topological polar surface area (TPSA) is 83.6 Å². The van der Waals surface area contributed by atoms with Crippen molar-refractivity contribution >= 4 is 11.9 Å². The summed E-state index contributed by atoms with van der Waals surface area (Å²) in [7, 11) is 0. The van der Waals surface area contributed by atoms with E-state index in [0.717, 1.165) is 12.8 Å². The fraction of sp³-hybridized carbons (Fsp3) is 0.867. The van der Waals surface area contributed by atoms with Crippen LogP contribution >= 0.6 is 0 Å². The van der Waals surface area contributed by atoms with E-state index in [1.165, 1.54) is 4.90 Å². The highest BCUT2D eigenvalue weighted by atomic mass is 16.4. The Morgan fingerprint density at radius 1 is 1.20 bits per heavy atom. The lowest BCUT2D eigenvalue weighted by atomic mass is 9.88. The molecule has 1 unspecified atom stereocenters. The number of hydrogen-bond donors (Lipinski definition) is 2. The van der Waals surface area contributed by atoms with Gasteiger partial charge in [-0.15, -0.1) is 0 Å². The molecule has 0 aromatic rings. The molecule has 0 saturated heterocycles. The predicted molar refractivity (Wildman–Crippen MR) is 80.3 cm³/mol. The molecular formula is C15H30N2O3. The zero-order valence-corrected chi connectivity index (χ0v) is 13.5. The van der Waals surface area contributed by atoms with Crippen molar-refractivity contribution in [2.24, 2.45) is 17.6 Å². The Bertz CT molecular complexity index is 322. The fourth-order valence-corrected chi connectivity index (χ4v) is 2.30. The molecule has 0 fully saturated rings. The summed E-state index contributed by atoms with van der Waals surface area (Å²) in [6.07, 6.45) is 2.05. The molecular weight excluding hydrogens is 256 g/mol. The minimum absolute atomic E-state index is 0.0948. The zero-order chi connectivity index (χ0) is 15.9. The molecule has 0 aromatic heterocycles. The van der Waals surface area contributed by atoms with Gasteiger partial charge in [-0.1, -0.05) is 13.8 Å². The largest absolute Gasteiger partial charge is 0.480 e. The van der Waals surface area contributed by atoms with Gasteiger partial charge in [0.25, 0.3) is 0 Å². The number of hydrogen-bond acceptors (Lipinski definition) is 3. The molecule has 3 N–H and O–H groups in total. The second-order valence-corrected chi connectivity index (χ2v) is 6.66. The lowest BCUT2D eigenvalue weighted by molar-refractivity contribution is -0.148. The molecule has 0 heterocycles. The summed E-state index contributed by atoms with van der Waals surface area (Å²) in [6.45, 7) is 10.2. The average Bonchev–Trinajstić information content (AvgIpc) is 2.29. The molecule has 0 spiro atoms. The van der Waals surface area contributed by atoms with E-state index in [9.17, 15) is 9.59 Å².